The molecule has 63 heavy (non-hydrogen) atoms. The van der Waals surface area contributed by atoms with E-state index in [2.05, 4.69) is 5.43 Å². The van der Waals surface area contributed by atoms with Crippen LogP contribution in [-0.2, 0) is 31.2 Å². The molecule has 10 rings (SSSR count). The van der Waals surface area contributed by atoms with Crippen molar-refractivity contribution in [2.45, 2.75) is 37.7 Å². The number of allylic oxidation sites excluding steroid dienone is 2. The number of amides is 4. The lowest BCUT2D eigenvalue weighted by Gasteiger charge is -2.50. The Labute approximate surface area is 364 Å². The molecule has 0 radical (unpaired) electrons. The van der Waals surface area contributed by atoms with Crippen LogP contribution in [0.3, 0.4) is 0 Å². The molecule has 10 heteroatoms. The molecule has 6 atom stereocenters. The number of aryl methyl sites for hydroxylation is 1. The second-order valence-electron chi connectivity index (χ2n) is 16.8. The van der Waals surface area contributed by atoms with Gasteiger partial charge in [0.15, 0.2) is 5.78 Å². The van der Waals surface area contributed by atoms with Crippen LogP contribution < -0.4 is 15.1 Å². The van der Waals surface area contributed by atoms with Crippen molar-refractivity contribution in [2.75, 3.05) is 10.3 Å². The van der Waals surface area contributed by atoms with E-state index < -0.39 is 52.7 Å². The summed E-state index contributed by atoms with van der Waals surface area (Å²) >= 11 is 0. The van der Waals surface area contributed by atoms with Gasteiger partial charge in [-0.1, -0.05) is 126 Å². The highest BCUT2D eigenvalue weighted by molar-refractivity contribution is 6.23. The Morgan fingerprint density at radius 3 is 2.06 bits per heavy atom. The van der Waals surface area contributed by atoms with Crippen LogP contribution in [0, 0.1) is 30.6 Å². The summed E-state index contributed by atoms with van der Waals surface area (Å²) in [5.41, 5.74) is 7.07. The highest BCUT2D eigenvalue weighted by Gasteiger charge is 2.70. The maximum absolute atomic E-state index is 15.5. The minimum atomic E-state index is -1.55. The van der Waals surface area contributed by atoms with E-state index in [9.17, 15) is 19.5 Å². The molecule has 312 valence electrons. The van der Waals surface area contributed by atoms with Crippen molar-refractivity contribution in [3.8, 4) is 11.5 Å². The molecule has 4 aliphatic rings. The van der Waals surface area contributed by atoms with Crippen LogP contribution in [0.2, 0.25) is 0 Å². The number of anilines is 2. The van der Waals surface area contributed by atoms with Crippen LogP contribution in [0.1, 0.15) is 56.9 Å². The number of phenolic OH excluding ortho intramolecular Hbond substituents is 1. The molecule has 2 aliphatic heterocycles. The minimum absolute atomic E-state index is 0.103. The zero-order valence-corrected chi connectivity index (χ0v) is 34.4. The number of carbonyl (C=O) groups is 5. The molecule has 6 aromatic rings. The van der Waals surface area contributed by atoms with Crippen molar-refractivity contribution in [2.24, 2.45) is 23.7 Å². The number of nitrogens with zero attached hydrogens (tertiary/aromatic N) is 2. The number of phenols is 1. The van der Waals surface area contributed by atoms with Crippen LogP contribution in [0.4, 0.5) is 11.4 Å². The van der Waals surface area contributed by atoms with Crippen LogP contribution in [-0.4, -0.2) is 39.5 Å². The lowest BCUT2D eigenvalue weighted by atomic mass is 9.49. The predicted octanol–water partition coefficient (Wildman–Crippen LogP) is 8.70. The van der Waals surface area contributed by atoms with Gasteiger partial charge in [-0.05, 0) is 79.3 Å². The third-order valence-electron chi connectivity index (χ3n) is 13.4. The van der Waals surface area contributed by atoms with Crippen molar-refractivity contribution in [3.05, 3.63) is 203 Å². The lowest BCUT2D eigenvalue weighted by Crippen LogP contribution is -2.53. The number of ketones is 1. The first kappa shape index (κ1) is 39.5. The molecule has 1 saturated carbocycles. The number of benzene rings is 6. The Morgan fingerprint density at radius 1 is 0.730 bits per heavy atom. The molecule has 0 aromatic heterocycles. The lowest BCUT2D eigenvalue weighted by molar-refractivity contribution is -0.138. The second kappa shape index (κ2) is 15.7. The average molecular weight is 834 g/mol. The third kappa shape index (κ3) is 6.52. The monoisotopic (exact) mass is 833 g/mol. The molecule has 0 spiro atoms. The summed E-state index contributed by atoms with van der Waals surface area (Å²) in [5, 5.41) is 13.2. The van der Waals surface area contributed by atoms with Gasteiger partial charge in [0.05, 0.1) is 34.5 Å². The van der Waals surface area contributed by atoms with Crippen LogP contribution >= 0.6 is 0 Å². The normalized spacial score (nSPS) is 23.8. The summed E-state index contributed by atoms with van der Waals surface area (Å²) in [6.07, 6.45) is 2.27. The van der Waals surface area contributed by atoms with Gasteiger partial charge in [0.25, 0.3) is 11.8 Å². The van der Waals surface area contributed by atoms with Gasteiger partial charge in [-0.2, -0.15) is 5.01 Å². The van der Waals surface area contributed by atoms with E-state index in [1.54, 1.807) is 72.8 Å². The summed E-state index contributed by atoms with van der Waals surface area (Å²) in [6.45, 7) is 2.21. The van der Waals surface area contributed by atoms with E-state index in [1.807, 2.05) is 91.9 Å². The number of ether oxygens (including phenoxy) is 1. The molecular weight excluding hydrogens is 791 g/mol. The molecule has 4 amide bonds. The summed E-state index contributed by atoms with van der Waals surface area (Å²) in [7, 11) is 0. The Bertz CT molecular complexity index is 2810. The Hall–Kier alpha value is -7.59. The molecule has 3 fully saturated rings. The molecular formula is C53H43N3O7. The Morgan fingerprint density at radius 2 is 1.38 bits per heavy atom. The smallest absolute Gasteiger partial charge is 0.260 e. The standard InChI is InChI=1S/C53H43N3O7/c1-32-17-21-37(22-18-32)54-56-50(60)44-30-43-40(27-28-42-46(43)51(61)55(49(42)59)38-23-19-35(20-24-38)48(58)34-13-7-3-8-14-34)47(53(44,52(56)62)36-15-9-4-10-16-36)41-26-25-39(29-45(41)57)63-31-33-11-5-2-6-12-33/h2-27,29,42-44,46-47,54,57H,28,30-31H2,1H3. The van der Waals surface area contributed by atoms with Crippen molar-refractivity contribution in [1.29, 1.82) is 0 Å². The van der Waals surface area contributed by atoms with E-state index in [-0.39, 0.29) is 36.9 Å². The number of fused-ring (bicyclic) bond motifs is 4. The fourth-order valence-electron chi connectivity index (χ4n) is 10.5. The first-order valence-electron chi connectivity index (χ1n) is 21.2. The fraction of sp³-hybridized carbons (Fsp3) is 0.189. The predicted molar refractivity (Wildman–Crippen MR) is 236 cm³/mol. The topological polar surface area (TPSA) is 133 Å². The molecule has 2 heterocycles. The molecule has 2 aliphatic carbocycles. The van der Waals surface area contributed by atoms with Crippen molar-refractivity contribution < 1.29 is 33.8 Å². The Balaban J connectivity index is 1.07. The van der Waals surface area contributed by atoms with Gasteiger partial charge < -0.3 is 9.84 Å². The molecule has 2 N–H and O–H groups in total. The number of carbonyl (C=O) groups excluding carboxylic acids is 5. The molecule has 6 aromatic carbocycles. The molecule has 10 nitrogen and oxygen atoms in total. The summed E-state index contributed by atoms with van der Waals surface area (Å²) in [4.78, 5) is 74.3. The van der Waals surface area contributed by atoms with E-state index >= 15 is 9.59 Å². The summed E-state index contributed by atoms with van der Waals surface area (Å²) < 4.78 is 6.11. The van der Waals surface area contributed by atoms with Gasteiger partial charge in [-0.15, -0.1) is 0 Å². The molecule has 6 unspecified atom stereocenters. The largest absolute Gasteiger partial charge is 0.508 e. The second-order valence-corrected chi connectivity index (χ2v) is 16.8. The maximum Gasteiger partial charge on any atom is 0.260 e. The molecule has 0 bridgehead atoms. The van der Waals surface area contributed by atoms with Gasteiger partial charge in [-0.3, -0.25) is 34.3 Å². The maximum atomic E-state index is 15.5. The average Bonchev–Trinajstić information content (AvgIpc) is 3.70. The number of rotatable bonds is 10. The zero-order valence-electron chi connectivity index (χ0n) is 34.4. The first-order valence-corrected chi connectivity index (χ1v) is 21.2. The van der Waals surface area contributed by atoms with Crippen LogP contribution in [0.15, 0.2) is 169 Å². The first-order chi connectivity index (χ1) is 30.6. The number of imide groups is 2. The highest BCUT2D eigenvalue weighted by atomic mass is 16.5. The number of hydrazine groups is 1. The van der Waals surface area contributed by atoms with E-state index in [4.69, 9.17) is 4.74 Å². The van der Waals surface area contributed by atoms with Gasteiger partial charge in [-0.25, -0.2) is 0 Å². The number of nitrogens with one attached hydrogen (secondary N) is 1. The van der Waals surface area contributed by atoms with E-state index in [1.165, 1.54) is 11.0 Å². The van der Waals surface area contributed by atoms with E-state index in [0.29, 0.717) is 39.4 Å². The number of hydrogen-bond acceptors (Lipinski definition) is 8. The quantitative estimate of drug-likeness (QED) is 0.0796. The van der Waals surface area contributed by atoms with E-state index in [0.717, 1.165) is 21.7 Å². The van der Waals surface area contributed by atoms with Gasteiger partial charge in [0, 0.05) is 28.7 Å². The van der Waals surface area contributed by atoms with Crippen molar-refractivity contribution in [3.63, 3.8) is 0 Å². The number of hydrogen-bond donors (Lipinski definition) is 2. The van der Waals surface area contributed by atoms with Crippen LogP contribution in [0.25, 0.3) is 0 Å². The summed E-state index contributed by atoms with van der Waals surface area (Å²) in [6, 6.07) is 46.6. The summed E-state index contributed by atoms with van der Waals surface area (Å²) in [5.74, 6) is -5.75. The van der Waals surface area contributed by atoms with Gasteiger partial charge in [0.1, 0.15) is 18.1 Å². The highest BCUT2D eigenvalue weighted by Crippen LogP contribution is 2.65. The minimum Gasteiger partial charge on any atom is -0.508 e. The Kier molecular flexibility index (Phi) is 9.86. The zero-order chi connectivity index (χ0) is 43.4. The third-order valence-corrected chi connectivity index (χ3v) is 13.4. The SMILES string of the molecule is Cc1ccc(NN2C(=O)C3CC4C(=CCC5C(=O)N(c6ccc(C(=O)c7ccccc7)cc6)C(=O)C54)C(c4ccc(OCc5ccccc5)cc4O)C3(c3ccccc3)C2=O)cc1. The fourth-order valence-corrected chi connectivity index (χ4v) is 10.5. The van der Waals surface area contributed by atoms with Crippen molar-refractivity contribution >= 4 is 40.8 Å². The van der Waals surface area contributed by atoms with Crippen LogP contribution in [0.5, 0.6) is 11.5 Å². The van der Waals surface area contributed by atoms with Gasteiger partial charge >= 0.3 is 0 Å². The van der Waals surface area contributed by atoms with Crippen molar-refractivity contribution in [1.82, 2.24) is 5.01 Å². The number of aromatic hydroxyl groups is 1. The van der Waals surface area contributed by atoms with Gasteiger partial charge in [0.2, 0.25) is 11.8 Å². The molecule has 2 saturated heterocycles.